The van der Waals surface area contributed by atoms with Crippen molar-refractivity contribution < 1.29 is 30.7 Å². The number of nitrogens with zero attached hydrogens (tertiary/aromatic N) is 5. The van der Waals surface area contributed by atoms with Crippen LogP contribution >= 0.6 is 22.6 Å². The number of hydrogen-bond acceptors (Lipinski definition) is 5. The van der Waals surface area contributed by atoms with Gasteiger partial charge in [0, 0.05) is 11.8 Å². The number of hydrogen-bond donors (Lipinski definition) is 0. The zero-order valence-corrected chi connectivity index (χ0v) is 16.8. The fourth-order valence-electron chi connectivity index (χ4n) is 2.04. The van der Waals surface area contributed by atoms with Crippen LogP contribution in [-0.4, -0.2) is 15.0 Å². The highest BCUT2D eigenvalue weighted by atomic mass is 127. The lowest BCUT2D eigenvalue weighted by Gasteiger charge is -2.08. The van der Waals surface area contributed by atoms with Gasteiger partial charge in [-0.1, -0.05) is 6.07 Å². The van der Waals surface area contributed by atoms with E-state index >= 15 is 0 Å². The first-order chi connectivity index (χ1) is 14.5. The third-order valence-corrected chi connectivity index (χ3v) is 4.43. The Balaban J connectivity index is 0.000000262. The van der Waals surface area contributed by atoms with E-state index in [2.05, 4.69) is 15.0 Å². The molecule has 0 aliphatic heterocycles. The molecule has 0 aliphatic carbocycles. The molecule has 3 heterocycles. The Kier molecular flexibility index (Phi) is 7.46. The topological polar surface area (TPSA) is 86.2 Å². The molecule has 0 N–H and O–H groups in total. The van der Waals surface area contributed by atoms with E-state index in [1.165, 1.54) is 34.7 Å². The molecule has 0 unspecified atom stereocenters. The molecular formula is C18H5F7IN5. The van der Waals surface area contributed by atoms with Crippen LogP contribution in [0.2, 0.25) is 0 Å². The van der Waals surface area contributed by atoms with E-state index in [9.17, 15) is 30.7 Å². The van der Waals surface area contributed by atoms with Crippen molar-refractivity contribution in [3.63, 3.8) is 0 Å². The van der Waals surface area contributed by atoms with E-state index in [-0.39, 0.29) is 14.8 Å². The maximum absolute atomic E-state index is 13.8. The Hall–Kier alpha value is -3.33. The van der Waals surface area contributed by atoms with Crippen LogP contribution in [0.4, 0.5) is 30.7 Å². The third-order valence-electron chi connectivity index (χ3n) is 3.44. The van der Waals surface area contributed by atoms with Crippen LogP contribution in [-0.2, 0) is 6.18 Å². The van der Waals surface area contributed by atoms with Crippen LogP contribution < -0.4 is 0 Å². The molecule has 158 valence electrons. The summed E-state index contributed by atoms with van der Waals surface area (Å²) >= 11 is 1.48. The first kappa shape index (κ1) is 23.9. The molecule has 5 nitrogen and oxygen atoms in total. The summed E-state index contributed by atoms with van der Waals surface area (Å²) in [5, 5.41) is 16.8. The summed E-state index contributed by atoms with van der Waals surface area (Å²) in [6, 6.07) is 4.39. The van der Waals surface area contributed by atoms with E-state index < -0.39 is 46.4 Å². The van der Waals surface area contributed by atoms with Crippen LogP contribution in [0, 0.1) is 49.5 Å². The fraction of sp³-hybridized carbons (Fsp3) is 0.0556. The number of aromatic nitrogens is 3. The Labute approximate surface area is 183 Å². The first-order valence-electron chi connectivity index (χ1n) is 7.68. The lowest BCUT2D eigenvalue weighted by atomic mass is 10.1. The van der Waals surface area contributed by atoms with Gasteiger partial charge in [-0.15, -0.1) is 0 Å². The van der Waals surface area contributed by atoms with Gasteiger partial charge in [0.05, 0.1) is 21.5 Å². The molecule has 0 aliphatic rings. The maximum atomic E-state index is 13.8. The van der Waals surface area contributed by atoms with Gasteiger partial charge in [0.15, 0.2) is 34.7 Å². The van der Waals surface area contributed by atoms with Gasteiger partial charge in [-0.2, -0.15) is 23.7 Å². The monoisotopic (exact) mass is 551 g/mol. The average molecular weight is 551 g/mol. The minimum Gasteiger partial charge on any atom is -0.251 e. The lowest BCUT2D eigenvalue weighted by molar-refractivity contribution is -0.141. The molecule has 0 saturated carbocycles. The van der Waals surface area contributed by atoms with Crippen molar-refractivity contribution in [3.8, 4) is 23.3 Å². The number of nitriles is 2. The van der Waals surface area contributed by atoms with Gasteiger partial charge in [0.25, 0.3) is 0 Å². The van der Waals surface area contributed by atoms with Crippen molar-refractivity contribution in [2.45, 2.75) is 6.18 Å². The molecule has 0 spiro atoms. The van der Waals surface area contributed by atoms with E-state index in [4.69, 9.17) is 10.5 Å². The fourth-order valence-corrected chi connectivity index (χ4v) is 2.43. The molecule has 31 heavy (non-hydrogen) atoms. The van der Waals surface area contributed by atoms with Crippen LogP contribution in [0.1, 0.15) is 17.1 Å². The second-order valence-corrected chi connectivity index (χ2v) is 6.46. The van der Waals surface area contributed by atoms with Crippen LogP contribution in [0.25, 0.3) is 11.1 Å². The standard InChI is InChI=1S/C12H4F5N3.C6HF2IN2/c13-7-5-19-8(3-18)11(14)10(7)6-1-2-9(20-4-6)12(15,16)17;7-3-2-11-4(1-10)5(8)6(3)9/h1-2,4-5H;2H. The van der Waals surface area contributed by atoms with E-state index in [1.54, 1.807) is 0 Å². The summed E-state index contributed by atoms with van der Waals surface area (Å²) in [4.78, 5) is 9.57. The van der Waals surface area contributed by atoms with Gasteiger partial charge in [-0.25, -0.2) is 27.5 Å². The zero-order valence-electron chi connectivity index (χ0n) is 14.6. The summed E-state index contributed by atoms with van der Waals surface area (Å²) in [6.45, 7) is 0. The normalized spacial score (nSPS) is 10.5. The third kappa shape index (κ3) is 5.43. The summed E-state index contributed by atoms with van der Waals surface area (Å²) in [6.07, 6.45) is -2.52. The second kappa shape index (κ2) is 9.65. The zero-order chi connectivity index (χ0) is 23.3. The van der Waals surface area contributed by atoms with Crippen LogP contribution in [0.15, 0.2) is 30.7 Å². The Morgan fingerprint density at radius 1 is 0.774 bits per heavy atom. The van der Waals surface area contributed by atoms with Crippen molar-refractivity contribution in [1.82, 2.24) is 15.0 Å². The molecule has 3 rings (SSSR count). The Morgan fingerprint density at radius 3 is 1.81 bits per heavy atom. The minimum absolute atomic E-state index is 0.200. The molecule has 3 aromatic heterocycles. The lowest BCUT2D eigenvalue weighted by Crippen LogP contribution is -2.07. The van der Waals surface area contributed by atoms with E-state index in [0.29, 0.717) is 18.5 Å². The van der Waals surface area contributed by atoms with E-state index in [0.717, 1.165) is 12.3 Å². The summed E-state index contributed by atoms with van der Waals surface area (Å²) in [5.41, 5.74) is -3.07. The summed E-state index contributed by atoms with van der Waals surface area (Å²) in [7, 11) is 0. The van der Waals surface area contributed by atoms with Gasteiger partial charge in [0.2, 0.25) is 0 Å². The Morgan fingerprint density at radius 2 is 1.32 bits per heavy atom. The minimum atomic E-state index is -4.65. The summed E-state index contributed by atoms with van der Waals surface area (Å²) < 4.78 is 89.3. The number of rotatable bonds is 1. The average Bonchev–Trinajstić information content (AvgIpc) is 2.73. The molecule has 0 saturated heterocycles. The molecule has 0 fully saturated rings. The maximum Gasteiger partial charge on any atom is 0.433 e. The molecule has 0 amide bonds. The van der Waals surface area contributed by atoms with Crippen LogP contribution in [0.5, 0.6) is 0 Å². The van der Waals surface area contributed by atoms with Gasteiger partial charge in [-0.05, 0) is 28.7 Å². The molecule has 0 bridgehead atoms. The molecule has 3 aromatic rings. The predicted octanol–water partition coefficient (Wildman–Crippen LogP) is 5.15. The first-order valence-corrected chi connectivity index (χ1v) is 8.76. The molecule has 13 heteroatoms. The second-order valence-electron chi connectivity index (χ2n) is 5.38. The predicted molar refractivity (Wildman–Crippen MR) is 98.7 cm³/mol. The van der Waals surface area contributed by atoms with Crippen molar-refractivity contribution >= 4 is 22.6 Å². The van der Waals surface area contributed by atoms with Gasteiger partial charge in [0.1, 0.15) is 17.8 Å². The van der Waals surface area contributed by atoms with Gasteiger partial charge >= 0.3 is 6.18 Å². The molecule has 0 aromatic carbocycles. The summed E-state index contributed by atoms with van der Waals surface area (Å²) in [5.74, 6) is -3.98. The van der Waals surface area contributed by atoms with Crippen LogP contribution in [0.3, 0.4) is 0 Å². The number of halogens is 8. The largest absolute Gasteiger partial charge is 0.433 e. The highest BCUT2D eigenvalue weighted by molar-refractivity contribution is 14.1. The quantitative estimate of drug-likeness (QED) is 0.309. The Bertz CT molecular complexity index is 1200. The van der Waals surface area contributed by atoms with E-state index in [1.807, 2.05) is 0 Å². The number of alkyl halides is 3. The molecule has 0 atom stereocenters. The smallest absolute Gasteiger partial charge is 0.251 e. The number of pyridine rings is 3. The molecular weight excluding hydrogens is 546 g/mol. The van der Waals surface area contributed by atoms with Gasteiger partial charge in [-0.3, -0.25) is 4.98 Å². The van der Waals surface area contributed by atoms with Crippen molar-refractivity contribution in [2.24, 2.45) is 0 Å². The van der Waals surface area contributed by atoms with Crippen molar-refractivity contribution in [3.05, 3.63) is 74.6 Å². The molecule has 0 radical (unpaired) electrons. The SMILES string of the molecule is N#Cc1ncc(F)c(-c2ccc(C(F)(F)F)nc2)c1F.N#Cc1ncc(F)c(I)c1F. The van der Waals surface area contributed by atoms with Crippen molar-refractivity contribution in [1.29, 1.82) is 10.5 Å². The van der Waals surface area contributed by atoms with Gasteiger partial charge < -0.3 is 0 Å². The van der Waals surface area contributed by atoms with Crippen molar-refractivity contribution in [2.75, 3.05) is 0 Å². The highest BCUT2D eigenvalue weighted by Gasteiger charge is 2.32. The highest BCUT2D eigenvalue weighted by Crippen LogP contribution is 2.31.